The number of benzene rings is 2. The van der Waals surface area contributed by atoms with Gasteiger partial charge in [0.25, 0.3) is 11.7 Å². The molecule has 1 fully saturated rings. The van der Waals surface area contributed by atoms with Gasteiger partial charge in [0.05, 0.1) is 28.3 Å². The molecule has 1 aliphatic heterocycles. The molecule has 0 saturated carbocycles. The minimum absolute atomic E-state index is 0.0277. The maximum atomic E-state index is 13.2. The number of likely N-dealkylation sites (tertiary alicyclic amines) is 1. The number of halogens is 2. The van der Waals surface area contributed by atoms with E-state index in [1.54, 1.807) is 42.5 Å². The van der Waals surface area contributed by atoms with Crippen LogP contribution in [0.15, 0.2) is 48.0 Å². The Morgan fingerprint density at radius 3 is 2.44 bits per heavy atom. The Morgan fingerprint density at radius 2 is 1.79 bits per heavy atom. The Bertz CT molecular complexity index is 1080. The van der Waals surface area contributed by atoms with Crippen molar-refractivity contribution in [2.45, 2.75) is 33.2 Å². The van der Waals surface area contributed by atoms with Crippen LogP contribution >= 0.6 is 23.2 Å². The van der Waals surface area contributed by atoms with Crippen molar-refractivity contribution in [3.05, 3.63) is 69.2 Å². The molecule has 1 saturated heterocycles. The van der Waals surface area contributed by atoms with Crippen LogP contribution in [0.5, 0.6) is 5.75 Å². The van der Waals surface area contributed by atoms with E-state index in [0.717, 1.165) is 19.6 Å². The summed E-state index contributed by atoms with van der Waals surface area (Å²) >= 11 is 12.4. The minimum Gasteiger partial charge on any atom is -0.507 e. The molecule has 1 atom stereocenters. The van der Waals surface area contributed by atoms with Gasteiger partial charge in [0.1, 0.15) is 11.5 Å². The van der Waals surface area contributed by atoms with E-state index in [1.165, 1.54) is 4.90 Å². The lowest BCUT2D eigenvalue weighted by Gasteiger charge is -2.27. The first-order valence-electron chi connectivity index (χ1n) is 11.5. The summed E-state index contributed by atoms with van der Waals surface area (Å²) in [6.45, 7) is 9.46. The average Bonchev–Trinajstić information content (AvgIpc) is 3.08. The van der Waals surface area contributed by atoms with Crippen LogP contribution in [0, 0.1) is 0 Å². The van der Waals surface area contributed by atoms with Crippen LogP contribution in [0.3, 0.4) is 0 Å². The van der Waals surface area contributed by atoms with Gasteiger partial charge in [0, 0.05) is 12.1 Å². The molecule has 0 bridgehead atoms. The SMILES string of the molecule is CCOc1cccc(/C(O)=C2\C(=O)C(=O)N(CCCN(CC)CC)C2c2ccc(Cl)c(Cl)c2)c1. The van der Waals surface area contributed by atoms with Gasteiger partial charge in [-0.1, -0.05) is 55.2 Å². The Labute approximate surface area is 210 Å². The van der Waals surface area contributed by atoms with Crippen molar-refractivity contribution >= 4 is 40.7 Å². The number of carbonyl (C=O) groups is 2. The minimum atomic E-state index is -0.776. The standard InChI is InChI=1S/C26H30Cl2N2O4/c1-4-29(5-2)13-8-14-30-23(17-11-12-20(27)21(28)16-17)22(25(32)26(30)33)24(31)18-9-7-10-19(15-18)34-6-3/h7,9-12,15-16,23,31H,4-6,8,13-14H2,1-3H3/b24-22+. The van der Waals surface area contributed by atoms with Crippen LogP contribution in [0.2, 0.25) is 10.0 Å². The largest absolute Gasteiger partial charge is 0.507 e. The number of amides is 1. The van der Waals surface area contributed by atoms with Gasteiger partial charge in [-0.2, -0.15) is 0 Å². The lowest BCUT2D eigenvalue weighted by molar-refractivity contribution is -0.140. The van der Waals surface area contributed by atoms with Crippen LogP contribution in [-0.2, 0) is 9.59 Å². The van der Waals surface area contributed by atoms with E-state index >= 15 is 0 Å². The molecular formula is C26H30Cl2N2O4. The van der Waals surface area contributed by atoms with Gasteiger partial charge in [-0.05, 0) is 62.8 Å². The molecular weight excluding hydrogens is 475 g/mol. The van der Waals surface area contributed by atoms with Gasteiger partial charge in [-0.3, -0.25) is 9.59 Å². The number of nitrogens with zero attached hydrogens (tertiary/aromatic N) is 2. The molecule has 0 radical (unpaired) electrons. The van der Waals surface area contributed by atoms with Gasteiger partial charge >= 0.3 is 0 Å². The highest BCUT2D eigenvalue weighted by Crippen LogP contribution is 2.41. The summed E-state index contributed by atoms with van der Waals surface area (Å²) in [6.07, 6.45) is 0.687. The molecule has 0 aromatic heterocycles. The zero-order valence-electron chi connectivity index (χ0n) is 19.7. The first-order valence-corrected chi connectivity index (χ1v) is 12.3. The molecule has 1 aliphatic rings. The molecule has 34 heavy (non-hydrogen) atoms. The summed E-state index contributed by atoms with van der Waals surface area (Å²) in [5, 5.41) is 11.9. The predicted octanol–water partition coefficient (Wildman–Crippen LogP) is 5.55. The summed E-state index contributed by atoms with van der Waals surface area (Å²) in [7, 11) is 0. The smallest absolute Gasteiger partial charge is 0.295 e. The zero-order chi connectivity index (χ0) is 24.8. The molecule has 1 heterocycles. The topological polar surface area (TPSA) is 70.1 Å². The van der Waals surface area contributed by atoms with E-state index in [9.17, 15) is 14.7 Å². The Morgan fingerprint density at radius 1 is 1.06 bits per heavy atom. The summed E-state index contributed by atoms with van der Waals surface area (Å²) in [4.78, 5) is 30.1. The Balaban J connectivity index is 2.06. The van der Waals surface area contributed by atoms with Crippen LogP contribution in [0.4, 0.5) is 0 Å². The molecule has 6 nitrogen and oxygen atoms in total. The zero-order valence-corrected chi connectivity index (χ0v) is 21.2. The molecule has 1 N–H and O–H groups in total. The lowest BCUT2D eigenvalue weighted by atomic mass is 9.95. The highest BCUT2D eigenvalue weighted by molar-refractivity contribution is 6.46. The fraction of sp³-hybridized carbons (Fsp3) is 0.385. The number of aliphatic hydroxyl groups excluding tert-OH is 1. The van der Waals surface area contributed by atoms with Crippen LogP contribution in [0.25, 0.3) is 5.76 Å². The first-order chi connectivity index (χ1) is 16.3. The van der Waals surface area contributed by atoms with Gasteiger partial charge in [0.15, 0.2) is 0 Å². The molecule has 2 aromatic rings. The van der Waals surface area contributed by atoms with E-state index in [1.807, 2.05) is 6.92 Å². The second-order valence-electron chi connectivity index (χ2n) is 8.01. The highest BCUT2D eigenvalue weighted by Gasteiger charge is 2.46. The maximum absolute atomic E-state index is 13.2. The number of ketones is 1. The van der Waals surface area contributed by atoms with E-state index in [0.29, 0.717) is 46.5 Å². The second-order valence-corrected chi connectivity index (χ2v) is 8.82. The molecule has 182 valence electrons. The number of Topliss-reactive ketones (excluding diaryl/α,β-unsaturated/α-hetero) is 1. The number of hydrogen-bond acceptors (Lipinski definition) is 5. The van der Waals surface area contributed by atoms with Gasteiger partial charge in [-0.15, -0.1) is 0 Å². The molecule has 0 aliphatic carbocycles. The lowest BCUT2D eigenvalue weighted by Crippen LogP contribution is -2.33. The van der Waals surface area contributed by atoms with E-state index in [4.69, 9.17) is 27.9 Å². The van der Waals surface area contributed by atoms with Crippen LogP contribution in [-0.4, -0.2) is 59.4 Å². The summed E-state index contributed by atoms with van der Waals surface area (Å²) in [5.41, 5.74) is 1.04. The molecule has 3 rings (SSSR count). The van der Waals surface area contributed by atoms with Crippen molar-refractivity contribution in [2.75, 3.05) is 32.8 Å². The van der Waals surface area contributed by atoms with Crippen LogP contribution < -0.4 is 4.74 Å². The fourth-order valence-electron chi connectivity index (χ4n) is 4.20. The Hall–Kier alpha value is -2.54. The van der Waals surface area contributed by atoms with Crippen molar-refractivity contribution < 1.29 is 19.4 Å². The van der Waals surface area contributed by atoms with E-state index < -0.39 is 17.7 Å². The van der Waals surface area contributed by atoms with Crippen molar-refractivity contribution in [3.63, 3.8) is 0 Å². The highest BCUT2D eigenvalue weighted by atomic mass is 35.5. The van der Waals surface area contributed by atoms with Gasteiger partial charge < -0.3 is 19.6 Å². The average molecular weight is 505 g/mol. The number of rotatable bonds is 10. The summed E-state index contributed by atoms with van der Waals surface area (Å²) < 4.78 is 5.53. The monoisotopic (exact) mass is 504 g/mol. The number of carbonyl (C=O) groups excluding carboxylic acids is 2. The van der Waals surface area contributed by atoms with E-state index in [-0.39, 0.29) is 11.3 Å². The summed E-state index contributed by atoms with van der Waals surface area (Å²) in [5.74, 6) is -1.05. The molecule has 1 amide bonds. The molecule has 1 unspecified atom stereocenters. The van der Waals surface area contributed by atoms with Crippen LogP contribution in [0.1, 0.15) is 44.4 Å². The van der Waals surface area contributed by atoms with E-state index in [2.05, 4.69) is 18.7 Å². The first kappa shape index (κ1) is 26.1. The number of hydrogen-bond donors (Lipinski definition) is 1. The molecule has 8 heteroatoms. The second kappa shape index (κ2) is 11.7. The number of ether oxygens (including phenoxy) is 1. The quantitative estimate of drug-likeness (QED) is 0.261. The maximum Gasteiger partial charge on any atom is 0.295 e. The van der Waals surface area contributed by atoms with Crippen molar-refractivity contribution in [1.82, 2.24) is 9.80 Å². The fourth-order valence-corrected chi connectivity index (χ4v) is 4.51. The summed E-state index contributed by atoms with van der Waals surface area (Å²) in [6, 6.07) is 11.0. The van der Waals surface area contributed by atoms with Gasteiger partial charge in [-0.25, -0.2) is 0 Å². The van der Waals surface area contributed by atoms with Gasteiger partial charge in [0.2, 0.25) is 0 Å². The Kier molecular flexibility index (Phi) is 9.00. The third kappa shape index (κ3) is 5.57. The third-order valence-electron chi connectivity index (χ3n) is 5.99. The normalized spacial score (nSPS) is 17.6. The molecule has 2 aromatic carbocycles. The predicted molar refractivity (Wildman–Crippen MR) is 135 cm³/mol. The van der Waals surface area contributed by atoms with Crippen molar-refractivity contribution in [3.8, 4) is 5.75 Å². The van der Waals surface area contributed by atoms with Crippen molar-refractivity contribution in [2.24, 2.45) is 0 Å². The van der Waals surface area contributed by atoms with Crippen molar-refractivity contribution in [1.29, 1.82) is 0 Å². The third-order valence-corrected chi connectivity index (χ3v) is 6.72. The number of aliphatic hydroxyl groups is 1. The molecule has 0 spiro atoms.